The topological polar surface area (TPSA) is 38.3 Å². The van der Waals surface area contributed by atoms with E-state index >= 15 is 0 Å². The van der Waals surface area contributed by atoms with Crippen molar-refractivity contribution in [3.63, 3.8) is 0 Å². The van der Waals surface area contributed by atoms with Crippen molar-refractivity contribution in [2.45, 2.75) is 51.7 Å². The van der Waals surface area contributed by atoms with Gasteiger partial charge in [0.05, 0.1) is 0 Å². The van der Waals surface area contributed by atoms with Gasteiger partial charge in [0.15, 0.2) is 0 Å². The maximum Gasteiger partial charge on any atom is 0.249 e. The van der Waals surface area contributed by atoms with Crippen molar-refractivity contribution in [2.24, 2.45) is 5.92 Å². The molecule has 3 atom stereocenters. The van der Waals surface area contributed by atoms with E-state index in [4.69, 9.17) is 16.3 Å². The lowest BCUT2D eigenvalue weighted by Gasteiger charge is -2.30. The number of alkyl halides is 1. The maximum absolute atomic E-state index is 12.0. The summed E-state index contributed by atoms with van der Waals surface area (Å²) >= 11 is 5.75. The Morgan fingerprint density at radius 2 is 2.31 bits per heavy atom. The van der Waals surface area contributed by atoms with Crippen molar-refractivity contribution in [2.75, 3.05) is 12.5 Å². The third-order valence-electron chi connectivity index (χ3n) is 3.50. The fraction of sp³-hybridized carbons (Fsp3) is 0.917. The Hall–Kier alpha value is -0.280. The quantitative estimate of drug-likeness (QED) is 0.758. The van der Waals surface area contributed by atoms with Crippen LogP contribution in [0.15, 0.2) is 0 Å². The summed E-state index contributed by atoms with van der Waals surface area (Å²) in [5, 5.41) is 3.07. The normalized spacial score (nSPS) is 28.8. The number of rotatable bonds is 5. The number of ether oxygens (including phenoxy) is 1. The summed E-state index contributed by atoms with van der Waals surface area (Å²) in [6.45, 7) is 6.85. The fourth-order valence-electron chi connectivity index (χ4n) is 1.94. The smallest absolute Gasteiger partial charge is 0.249 e. The van der Waals surface area contributed by atoms with Gasteiger partial charge in [-0.3, -0.25) is 4.79 Å². The molecule has 3 unspecified atom stereocenters. The lowest BCUT2D eigenvalue weighted by molar-refractivity contribution is -0.133. The van der Waals surface area contributed by atoms with E-state index in [0.29, 0.717) is 18.4 Å². The average Bonchev–Trinajstić information content (AvgIpc) is 2.65. The predicted molar refractivity (Wildman–Crippen MR) is 65.7 cm³/mol. The van der Waals surface area contributed by atoms with Crippen LogP contribution in [0, 0.1) is 5.92 Å². The number of carbonyl (C=O) groups excluding carboxylic acids is 1. The van der Waals surface area contributed by atoms with Gasteiger partial charge in [-0.1, -0.05) is 13.8 Å². The Morgan fingerprint density at radius 1 is 1.62 bits per heavy atom. The van der Waals surface area contributed by atoms with Crippen LogP contribution < -0.4 is 5.32 Å². The van der Waals surface area contributed by atoms with Gasteiger partial charge in [0.2, 0.25) is 5.91 Å². The average molecular weight is 248 g/mol. The fourth-order valence-corrected chi connectivity index (χ4v) is 2.35. The van der Waals surface area contributed by atoms with Crippen LogP contribution >= 0.6 is 11.6 Å². The van der Waals surface area contributed by atoms with E-state index in [9.17, 15) is 4.79 Å². The second-order valence-electron chi connectivity index (χ2n) is 4.90. The van der Waals surface area contributed by atoms with Gasteiger partial charge in [-0.05, 0) is 32.1 Å². The SMILES string of the molecule is CCC(C)(CCCl)NC(=O)C1OCCC1C. The molecule has 1 aliphatic heterocycles. The zero-order valence-corrected chi connectivity index (χ0v) is 11.1. The first-order chi connectivity index (χ1) is 7.52. The molecule has 1 rings (SSSR count). The molecule has 4 heteroatoms. The summed E-state index contributed by atoms with van der Waals surface area (Å²) in [4.78, 5) is 12.0. The molecule has 0 bridgehead atoms. The minimum Gasteiger partial charge on any atom is -0.368 e. The van der Waals surface area contributed by atoms with Crippen molar-refractivity contribution in [1.29, 1.82) is 0 Å². The molecular weight excluding hydrogens is 226 g/mol. The van der Waals surface area contributed by atoms with Crippen LogP contribution in [0.1, 0.15) is 40.0 Å². The molecule has 1 fully saturated rings. The van der Waals surface area contributed by atoms with Gasteiger partial charge in [-0.15, -0.1) is 11.6 Å². The molecule has 1 N–H and O–H groups in total. The molecule has 0 aliphatic carbocycles. The van der Waals surface area contributed by atoms with Crippen molar-refractivity contribution >= 4 is 17.5 Å². The Balaban J connectivity index is 2.54. The molecule has 1 aliphatic rings. The first-order valence-electron chi connectivity index (χ1n) is 6.02. The monoisotopic (exact) mass is 247 g/mol. The molecule has 0 aromatic heterocycles. The molecule has 1 heterocycles. The van der Waals surface area contributed by atoms with Crippen molar-refractivity contribution < 1.29 is 9.53 Å². The van der Waals surface area contributed by atoms with E-state index in [1.165, 1.54) is 0 Å². The highest BCUT2D eigenvalue weighted by Crippen LogP contribution is 2.22. The summed E-state index contributed by atoms with van der Waals surface area (Å²) in [6, 6.07) is 0. The number of hydrogen-bond donors (Lipinski definition) is 1. The molecule has 94 valence electrons. The number of carbonyl (C=O) groups is 1. The maximum atomic E-state index is 12.0. The molecule has 16 heavy (non-hydrogen) atoms. The van der Waals surface area contributed by atoms with Crippen LogP contribution in [0.2, 0.25) is 0 Å². The Morgan fingerprint density at radius 3 is 2.75 bits per heavy atom. The van der Waals surface area contributed by atoms with Gasteiger partial charge in [-0.2, -0.15) is 0 Å². The Bertz CT molecular complexity index is 247. The summed E-state index contributed by atoms with van der Waals surface area (Å²) in [5.74, 6) is 0.891. The van der Waals surface area contributed by atoms with Crippen LogP contribution in [-0.2, 0) is 9.53 Å². The highest BCUT2D eigenvalue weighted by atomic mass is 35.5. The largest absolute Gasteiger partial charge is 0.368 e. The van der Waals surface area contributed by atoms with Gasteiger partial charge >= 0.3 is 0 Å². The van der Waals surface area contributed by atoms with Gasteiger partial charge < -0.3 is 10.1 Å². The second kappa shape index (κ2) is 5.87. The van der Waals surface area contributed by atoms with E-state index in [-0.39, 0.29) is 17.6 Å². The molecule has 3 nitrogen and oxygen atoms in total. The number of halogens is 1. The summed E-state index contributed by atoms with van der Waals surface area (Å²) in [6.07, 6.45) is 2.36. The number of amides is 1. The molecule has 0 saturated carbocycles. The molecule has 0 aromatic rings. The minimum absolute atomic E-state index is 0.0134. The molecule has 0 aromatic carbocycles. The minimum atomic E-state index is -0.277. The summed E-state index contributed by atoms with van der Waals surface area (Å²) in [5.41, 5.74) is -0.204. The summed E-state index contributed by atoms with van der Waals surface area (Å²) < 4.78 is 5.45. The summed E-state index contributed by atoms with van der Waals surface area (Å²) in [7, 11) is 0. The van der Waals surface area contributed by atoms with E-state index in [1.807, 2.05) is 6.92 Å². The Kier molecular flexibility index (Phi) is 5.06. The van der Waals surface area contributed by atoms with Crippen molar-refractivity contribution in [3.05, 3.63) is 0 Å². The second-order valence-corrected chi connectivity index (χ2v) is 5.28. The van der Waals surface area contributed by atoms with Crippen LogP contribution in [-0.4, -0.2) is 30.0 Å². The first kappa shape index (κ1) is 13.8. The molecular formula is C12H22ClNO2. The van der Waals surface area contributed by atoms with Gasteiger partial charge in [0.1, 0.15) is 6.10 Å². The molecule has 1 saturated heterocycles. The molecule has 1 amide bonds. The van der Waals surface area contributed by atoms with Gasteiger partial charge in [-0.25, -0.2) is 0 Å². The van der Waals surface area contributed by atoms with Crippen molar-refractivity contribution in [1.82, 2.24) is 5.32 Å². The third-order valence-corrected chi connectivity index (χ3v) is 3.69. The third kappa shape index (κ3) is 3.36. The lowest BCUT2D eigenvalue weighted by Crippen LogP contribution is -2.50. The van der Waals surface area contributed by atoms with E-state index in [0.717, 1.165) is 19.3 Å². The molecule has 0 radical (unpaired) electrons. The van der Waals surface area contributed by atoms with E-state index in [1.54, 1.807) is 0 Å². The van der Waals surface area contributed by atoms with Crippen LogP contribution in [0.5, 0.6) is 0 Å². The van der Waals surface area contributed by atoms with Crippen molar-refractivity contribution in [3.8, 4) is 0 Å². The van der Waals surface area contributed by atoms with Crippen LogP contribution in [0.4, 0.5) is 0 Å². The van der Waals surface area contributed by atoms with E-state index < -0.39 is 0 Å². The lowest BCUT2D eigenvalue weighted by atomic mass is 9.94. The molecule has 0 spiro atoms. The zero-order valence-electron chi connectivity index (χ0n) is 10.4. The standard InChI is InChI=1S/C12H22ClNO2/c1-4-12(3,6-7-13)14-11(15)10-9(2)5-8-16-10/h9-10H,4-8H2,1-3H3,(H,14,15). The van der Waals surface area contributed by atoms with Gasteiger partial charge in [0, 0.05) is 18.0 Å². The number of hydrogen-bond acceptors (Lipinski definition) is 2. The van der Waals surface area contributed by atoms with Crippen LogP contribution in [0.25, 0.3) is 0 Å². The number of nitrogens with one attached hydrogen (secondary N) is 1. The predicted octanol–water partition coefficient (Wildman–Crippen LogP) is 2.33. The zero-order chi connectivity index (χ0) is 12.2. The highest BCUT2D eigenvalue weighted by molar-refractivity contribution is 6.17. The van der Waals surface area contributed by atoms with Gasteiger partial charge in [0.25, 0.3) is 0 Å². The Labute approximate surface area is 103 Å². The first-order valence-corrected chi connectivity index (χ1v) is 6.55. The van der Waals surface area contributed by atoms with E-state index in [2.05, 4.69) is 19.2 Å². The van der Waals surface area contributed by atoms with Crippen LogP contribution in [0.3, 0.4) is 0 Å². The highest BCUT2D eigenvalue weighted by Gasteiger charge is 2.34.